The van der Waals surface area contributed by atoms with Gasteiger partial charge in [0, 0.05) is 17.5 Å². The van der Waals surface area contributed by atoms with E-state index in [1.54, 1.807) is 11.3 Å². The predicted octanol–water partition coefficient (Wildman–Crippen LogP) is 2.76. The van der Waals surface area contributed by atoms with Crippen molar-refractivity contribution in [3.63, 3.8) is 0 Å². The molecule has 1 heterocycles. The first-order valence-electron chi connectivity index (χ1n) is 7.70. The molecule has 1 amide bonds. The summed E-state index contributed by atoms with van der Waals surface area (Å²) in [6, 6.07) is 2.25. The van der Waals surface area contributed by atoms with Gasteiger partial charge in [-0.2, -0.15) is 0 Å². The van der Waals surface area contributed by atoms with Gasteiger partial charge in [-0.15, -0.1) is 11.3 Å². The zero-order valence-corrected chi connectivity index (χ0v) is 12.8. The van der Waals surface area contributed by atoms with Crippen molar-refractivity contribution in [1.29, 1.82) is 0 Å². The van der Waals surface area contributed by atoms with Crippen molar-refractivity contribution >= 4 is 17.2 Å². The first kappa shape index (κ1) is 14.1. The molecule has 2 N–H and O–H groups in total. The highest BCUT2D eigenvalue weighted by atomic mass is 32.1. The first-order valence-corrected chi connectivity index (χ1v) is 8.52. The molecule has 0 spiro atoms. The molecule has 1 aromatic rings. The van der Waals surface area contributed by atoms with Gasteiger partial charge in [0.05, 0.1) is 4.88 Å². The van der Waals surface area contributed by atoms with Crippen LogP contribution >= 0.6 is 11.3 Å². The zero-order valence-electron chi connectivity index (χ0n) is 12.0. The summed E-state index contributed by atoms with van der Waals surface area (Å²) in [6.07, 6.45) is 6.52. The average molecular weight is 293 g/mol. The lowest BCUT2D eigenvalue weighted by Crippen LogP contribution is -2.36. The van der Waals surface area contributed by atoms with Crippen molar-refractivity contribution in [1.82, 2.24) is 5.32 Å². The molecule has 0 aliphatic heterocycles. The predicted molar refractivity (Wildman–Crippen MR) is 81.2 cm³/mol. The molecule has 0 aromatic carbocycles. The first-order chi connectivity index (χ1) is 9.67. The van der Waals surface area contributed by atoms with Gasteiger partial charge in [-0.25, -0.2) is 0 Å². The van der Waals surface area contributed by atoms with E-state index in [9.17, 15) is 4.79 Å². The van der Waals surface area contributed by atoms with Gasteiger partial charge in [0.2, 0.25) is 0 Å². The number of hydrogen-bond acceptors (Lipinski definition) is 3. The molecule has 0 bridgehead atoms. The molecule has 20 heavy (non-hydrogen) atoms. The molecule has 4 heteroatoms. The zero-order chi connectivity index (χ0) is 14.1. The van der Waals surface area contributed by atoms with Crippen molar-refractivity contribution in [2.45, 2.75) is 51.5 Å². The topological polar surface area (TPSA) is 49.3 Å². The molecular formula is C16H23NO2S. The van der Waals surface area contributed by atoms with Crippen molar-refractivity contribution in [2.75, 3.05) is 6.61 Å². The highest BCUT2D eigenvalue weighted by Crippen LogP contribution is 2.35. The number of aryl methyl sites for hydroxylation is 1. The van der Waals surface area contributed by atoms with E-state index in [4.69, 9.17) is 5.11 Å². The maximum Gasteiger partial charge on any atom is 0.261 e. The van der Waals surface area contributed by atoms with E-state index < -0.39 is 0 Å². The second kappa shape index (κ2) is 5.86. The van der Waals surface area contributed by atoms with E-state index in [2.05, 4.69) is 18.3 Å². The summed E-state index contributed by atoms with van der Waals surface area (Å²) < 4.78 is 0. The third-order valence-electron chi connectivity index (χ3n) is 4.50. The summed E-state index contributed by atoms with van der Waals surface area (Å²) in [7, 11) is 0. The normalized spacial score (nSPS) is 23.2. The highest BCUT2D eigenvalue weighted by molar-refractivity contribution is 7.14. The number of nitrogens with one attached hydrogen (secondary N) is 1. The van der Waals surface area contributed by atoms with Gasteiger partial charge in [0.1, 0.15) is 0 Å². The van der Waals surface area contributed by atoms with Crippen molar-refractivity contribution < 1.29 is 9.90 Å². The fourth-order valence-corrected chi connectivity index (χ4v) is 4.23. The lowest BCUT2D eigenvalue weighted by atomic mass is 9.90. The summed E-state index contributed by atoms with van der Waals surface area (Å²) in [6.45, 7) is 2.44. The number of carbonyl (C=O) groups is 1. The van der Waals surface area contributed by atoms with Crippen molar-refractivity contribution in [3.8, 4) is 0 Å². The van der Waals surface area contributed by atoms with E-state index in [1.165, 1.54) is 29.7 Å². The minimum Gasteiger partial charge on any atom is -0.396 e. The van der Waals surface area contributed by atoms with Crippen LogP contribution in [0.4, 0.5) is 0 Å². The quantitative estimate of drug-likeness (QED) is 0.877. The van der Waals surface area contributed by atoms with Crippen LogP contribution in [-0.2, 0) is 12.8 Å². The van der Waals surface area contributed by atoms with Crippen molar-refractivity contribution in [3.05, 3.63) is 21.4 Å². The number of thiophene rings is 1. The second-order valence-corrected chi connectivity index (χ2v) is 7.47. The number of aliphatic hydroxyl groups excluding tert-OH is 1. The molecule has 1 fully saturated rings. The lowest BCUT2D eigenvalue weighted by molar-refractivity contribution is 0.0928. The Kier molecular flexibility index (Phi) is 4.13. The van der Waals surface area contributed by atoms with Crippen LogP contribution in [0.15, 0.2) is 6.07 Å². The Hall–Kier alpha value is -0.870. The van der Waals surface area contributed by atoms with Crippen LogP contribution in [0.25, 0.3) is 0 Å². The molecule has 3 rings (SSSR count). The van der Waals surface area contributed by atoms with Crippen molar-refractivity contribution in [2.24, 2.45) is 11.8 Å². The maximum absolute atomic E-state index is 12.4. The number of fused-ring (bicyclic) bond motifs is 1. The Morgan fingerprint density at radius 2 is 2.30 bits per heavy atom. The van der Waals surface area contributed by atoms with E-state index in [-0.39, 0.29) is 18.6 Å². The third kappa shape index (κ3) is 3.07. The van der Waals surface area contributed by atoms with Crippen LogP contribution in [0, 0.1) is 11.8 Å². The van der Waals surface area contributed by atoms with Crippen LogP contribution in [0.1, 0.15) is 52.7 Å². The third-order valence-corrected chi connectivity index (χ3v) is 5.74. The largest absolute Gasteiger partial charge is 0.396 e. The molecule has 1 saturated carbocycles. The molecule has 0 saturated heterocycles. The van der Waals surface area contributed by atoms with Gasteiger partial charge in [-0.05, 0) is 62.0 Å². The molecule has 110 valence electrons. The molecule has 2 unspecified atom stereocenters. The summed E-state index contributed by atoms with van der Waals surface area (Å²) in [4.78, 5) is 14.6. The van der Waals surface area contributed by atoms with Crippen LogP contribution < -0.4 is 5.32 Å². The van der Waals surface area contributed by atoms with E-state index in [0.717, 1.165) is 23.6 Å². The number of hydrogen-bond donors (Lipinski definition) is 2. The summed E-state index contributed by atoms with van der Waals surface area (Å²) >= 11 is 1.66. The minimum absolute atomic E-state index is 0.0578. The van der Waals surface area contributed by atoms with Crippen LogP contribution in [0.3, 0.4) is 0 Å². The van der Waals surface area contributed by atoms with Crippen LogP contribution in [0.5, 0.6) is 0 Å². The summed E-state index contributed by atoms with van der Waals surface area (Å²) in [5.41, 5.74) is 1.38. The maximum atomic E-state index is 12.4. The highest BCUT2D eigenvalue weighted by Gasteiger charge is 2.32. The lowest BCUT2D eigenvalue weighted by Gasteiger charge is -2.16. The number of rotatable bonds is 5. The molecule has 1 aromatic heterocycles. The molecule has 2 aliphatic carbocycles. The second-order valence-electron chi connectivity index (χ2n) is 6.34. The van der Waals surface area contributed by atoms with Crippen LogP contribution in [-0.4, -0.2) is 23.7 Å². The minimum atomic E-state index is 0.0578. The molecule has 0 radical (unpaired) electrons. The molecule has 2 atom stereocenters. The monoisotopic (exact) mass is 293 g/mol. The molecule has 3 nitrogen and oxygen atoms in total. The van der Waals surface area contributed by atoms with Gasteiger partial charge in [0.15, 0.2) is 0 Å². The Morgan fingerprint density at radius 1 is 1.50 bits per heavy atom. The summed E-state index contributed by atoms with van der Waals surface area (Å²) in [5.74, 6) is 1.38. The average Bonchev–Trinajstić information content (AvgIpc) is 3.17. The summed E-state index contributed by atoms with van der Waals surface area (Å²) in [5, 5.41) is 12.2. The van der Waals surface area contributed by atoms with Gasteiger partial charge < -0.3 is 10.4 Å². The number of carbonyl (C=O) groups excluding carboxylic acids is 1. The fraction of sp³-hybridized carbons (Fsp3) is 0.688. The Balaban J connectivity index is 1.67. The van der Waals surface area contributed by atoms with Gasteiger partial charge >= 0.3 is 0 Å². The van der Waals surface area contributed by atoms with E-state index >= 15 is 0 Å². The fourth-order valence-electron chi connectivity index (χ4n) is 3.12. The smallest absolute Gasteiger partial charge is 0.261 e. The Bertz CT molecular complexity index is 493. The molecule has 2 aliphatic rings. The number of amides is 1. The van der Waals surface area contributed by atoms with Crippen LogP contribution in [0.2, 0.25) is 0 Å². The number of aliphatic hydroxyl groups is 1. The Labute approximate surface area is 124 Å². The van der Waals surface area contributed by atoms with E-state index in [1.807, 2.05) is 0 Å². The van der Waals surface area contributed by atoms with E-state index in [0.29, 0.717) is 12.3 Å². The van der Waals surface area contributed by atoms with Gasteiger partial charge in [0.25, 0.3) is 5.91 Å². The van der Waals surface area contributed by atoms with Gasteiger partial charge in [-0.3, -0.25) is 4.79 Å². The standard InChI is InChI=1S/C16H23NO2S/c1-10-2-5-14-12(8-10)9-15(20-14)16(19)17-13(6-7-18)11-3-4-11/h9-11,13,18H,2-8H2,1H3,(H,17,19). The Morgan fingerprint density at radius 3 is 3.00 bits per heavy atom. The van der Waals surface area contributed by atoms with Gasteiger partial charge in [-0.1, -0.05) is 6.92 Å². The molecular weight excluding hydrogens is 270 g/mol. The SMILES string of the molecule is CC1CCc2sc(C(=O)NC(CCO)C3CC3)cc2C1.